The molecule has 0 bridgehead atoms. The van der Waals surface area contributed by atoms with Gasteiger partial charge in [-0.15, -0.1) is 0 Å². The molecule has 0 rings (SSSR count). The topological polar surface area (TPSA) is 0 Å². The highest BCUT2D eigenvalue weighted by molar-refractivity contribution is 4.98. The molecule has 9 heavy (non-hydrogen) atoms. The van der Waals surface area contributed by atoms with E-state index in [9.17, 15) is 0 Å². The minimum absolute atomic E-state index is 0.768. The third-order valence-electron chi connectivity index (χ3n) is 1.77. The van der Waals surface area contributed by atoms with Crippen LogP contribution in [0, 0.1) is 5.92 Å². The van der Waals surface area contributed by atoms with Gasteiger partial charge in [-0.25, -0.2) is 0 Å². The zero-order valence-electron chi connectivity index (χ0n) is 7.07. The van der Waals surface area contributed by atoms with Crippen molar-refractivity contribution in [1.82, 2.24) is 0 Å². The maximum atomic E-state index is 2.36. The van der Waals surface area contributed by atoms with Crippen LogP contribution in [-0.2, 0) is 0 Å². The molecule has 0 unspecified atom stereocenters. The van der Waals surface area contributed by atoms with E-state index in [1.807, 2.05) is 0 Å². The fourth-order valence-corrected chi connectivity index (χ4v) is 0.721. The fourth-order valence-electron chi connectivity index (χ4n) is 0.721. The second-order valence-electron chi connectivity index (χ2n) is 2.75. The average molecular weight is 126 g/mol. The first-order valence-corrected chi connectivity index (χ1v) is 3.88. The Bertz CT molecular complexity index is 90.2. The molecular formula is C9H18. The van der Waals surface area contributed by atoms with Crippen molar-refractivity contribution in [1.29, 1.82) is 0 Å². The molecule has 0 N–H and O–H groups in total. The van der Waals surface area contributed by atoms with Crippen molar-refractivity contribution in [2.45, 2.75) is 40.5 Å². The van der Waals surface area contributed by atoms with E-state index < -0.39 is 0 Å². The van der Waals surface area contributed by atoms with Gasteiger partial charge >= 0.3 is 0 Å². The van der Waals surface area contributed by atoms with E-state index in [0.717, 1.165) is 5.92 Å². The number of allylic oxidation sites excluding steroid dienone is 2. The van der Waals surface area contributed by atoms with Crippen molar-refractivity contribution in [3.63, 3.8) is 0 Å². The molecule has 0 heterocycles. The molecule has 0 heteroatoms. The van der Waals surface area contributed by atoms with E-state index in [0.29, 0.717) is 0 Å². The third kappa shape index (κ3) is 4.26. The van der Waals surface area contributed by atoms with Crippen LogP contribution in [-0.4, -0.2) is 0 Å². The van der Waals surface area contributed by atoms with Gasteiger partial charge in [0.1, 0.15) is 0 Å². The van der Waals surface area contributed by atoms with Gasteiger partial charge in [-0.2, -0.15) is 0 Å². The fraction of sp³-hybridized carbons (Fsp3) is 0.778. The second-order valence-corrected chi connectivity index (χ2v) is 2.75. The zero-order valence-corrected chi connectivity index (χ0v) is 7.07. The van der Waals surface area contributed by atoms with E-state index in [1.165, 1.54) is 18.4 Å². The third-order valence-corrected chi connectivity index (χ3v) is 1.77. The highest BCUT2D eigenvalue weighted by Crippen LogP contribution is 2.08. The maximum absolute atomic E-state index is 2.36. The molecule has 0 radical (unpaired) electrons. The van der Waals surface area contributed by atoms with Gasteiger partial charge < -0.3 is 0 Å². The minimum Gasteiger partial charge on any atom is -0.0828 e. The highest BCUT2D eigenvalue weighted by atomic mass is 14.0. The first-order valence-electron chi connectivity index (χ1n) is 3.88. The summed E-state index contributed by atoms with van der Waals surface area (Å²) in [6.45, 7) is 8.89. The average Bonchev–Trinajstić information content (AvgIpc) is 1.87. The van der Waals surface area contributed by atoms with Crippen molar-refractivity contribution >= 4 is 0 Å². The van der Waals surface area contributed by atoms with Crippen molar-refractivity contribution in [3.05, 3.63) is 11.6 Å². The van der Waals surface area contributed by atoms with Gasteiger partial charge in [0.25, 0.3) is 0 Å². The second kappa shape index (κ2) is 4.60. The summed E-state index contributed by atoms with van der Waals surface area (Å²) in [6, 6.07) is 0. The van der Waals surface area contributed by atoms with Crippen LogP contribution in [0.1, 0.15) is 40.5 Å². The van der Waals surface area contributed by atoms with Crippen LogP contribution in [0.4, 0.5) is 0 Å². The lowest BCUT2D eigenvalue weighted by molar-refractivity contribution is 0.689. The standard InChI is InChI=1S/C9H18/c1-5-8(3)7-9(4)6-2/h7-8H,5-6H2,1-4H3/b9-7-/t8-/m0/s1. The Labute approximate surface area is 59.0 Å². The van der Waals surface area contributed by atoms with E-state index in [2.05, 4.69) is 33.8 Å². The summed E-state index contributed by atoms with van der Waals surface area (Å²) in [5.74, 6) is 0.768. The molecule has 0 amide bonds. The summed E-state index contributed by atoms with van der Waals surface area (Å²) in [4.78, 5) is 0. The van der Waals surface area contributed by atoms with Crippen LogP contribution in [0.25, 0.3) is 0 Å². The van der Waals surface area contributed by atoms with Crippen LogP contribution in [0.5, 0.6) is 0 Å². The Morgan fingerprint density at radius 2 is 2.00 bits per heavy atom. The predicted molar refractivity (Wildman–Crippen MR) is 43.5 cm³/mol. The minimum atomic E-state index is 0.768. The SMILES string of the molecule is CC/C(C)=C\[C@@H](C)CC. The Balaban J connectivity index is 3.64. The first-order chi connectivity index (χ1) is 4.20. The molecule has 54 valence electrons. The first kappa shape index (κ1) is 8.74. The molecule has 0 nitrogen and oxygen atoms in total. The normalized spacial score (nSPS) is 15.8. The molecule has 0 saturated carbocycles. The molecule has 0 aliphatic rings. The van der Waals surface area contributed by atoms with Crippen LogP contribution >= 0.6 is 0 Å². The monoisotopic (exact) mass is 126 g/mol. The van der Waals surface area contributed by atoms with Gasteiger partial charge in [0.15, 0.2) is 0 Å². The Kier molecular flexibility index (Phi) is 4.47. The maximum Gasteiger partial charge on any atom is -0.0262 e. The lowest BCUT2D eigenvalue weighted by atomic mass is 10.0. The molecule has 0 aliphatic carbocycles. The van der Waals surface area contributed by atoms with Crippen molar-refractivity contribution in [2.75, 3.05) is 0 Å². The number of hydrogen-bond acceptors (Lipinski definition) is 0. The van der Waals surface area contributed by atoms with E-state index >= 15 is 0 Å². The lowest BCUT2D eigenvalue weighted by Gasteiger charge is -2.01. The molecule has 0 spiro atoms. The molecular weight excluding hydrogens is 108 g/mol. The van der Waals surface area contributed by atoms with E-state index in [1.54, 1.807) is 0 Å². The van der Waals surface area contributed by atoms with Crippen molar-refractivity contribution in [3.8, 4) is 0 Å². The molecule has 0 fully saturated rings. The summed E-state index contributed by atoms with van der Waals surface area (Å²) in [6.07, 6.45) is 4.82. The van der Waals surface area contributed by atoms with Gasteiger partial charge in [-0.3, -0.25) is 0 Å². The van der Waals surface area contributed by atoms with Crippen LogP contribution < -0.4 is 0 Å². The van der Waals surface area contributed by atoms with Crippen LogP contribution in [0.2, 0.25) is 0 Å². The summed E-state index contributed by atoms with van der Waals surface area (Å²) >= 11 is 0. The van der Waals surface area contributed by atoms with Crippen LogP contribution in [0.3, 0.4) is 0 Å². The summed E-state index contributed by atoms with van der Waals surface area (Å²) in [7, 11) is 0. The Hall–Kier alpha value is -0.260. The molecule has 0 aromatic rings. The summed E-state index contributed by atoms with van der Waals surface area (Å²) < 4.78 is 0. The highest BCUT2D eigenvalue weighted by Gasteiger charge is 1.91. The summed E-state index contributed by atoms with van der Waals surface area (Å²) in [5, 5.41) is 0. The molecule has 1 atom stereocenters. The number of rotatable bonds is 3. The Morgan fingerprint density at radius 3 is 2.33 bits per heavy atom. The quantitative estimate of drug-likeness (QED) is 0.508. The molecule has 0 saturated heterocycles. The molecule has 0 aromatic carbocycles. The van der Waals surface area contributed by atoms with Gasteiger partial charge in [-0.1, -0.05) is 38.8 Å². The lowest BCUT2D eigenvalue weighted by Crippen LogP contribution is -1.86. The molecule has 0 aromatic heterocycles. The Morgan fingerprint density at radius 1 is 1.44 bits per heavy atom. The van der Waals surface area contributed by atoms with Gasteiger partial charge in [0.2, 0.25) is 0 Å². The smallest absolute Gasteiger partial charge is 0.0262 e. The largest absolute Gasteiger partial charge is 0.0828 e. The zero-order chi connectivity index (χ0) is 7.28. The van der Waals surface area contributed by atoms with Gasteiger partial charge in [0.05, 0.1) is 0 Å². The summed E-state index contributed by atoms with van der Waals surface area (Å²) in [5.41, 5.74) is 1.52. The van der Waals surface area contributed by atoms with E-state index in [4.69, 9.17) is 0 Å². The van der Waals surface area contributed by atoms with Crippen LogP contribution in [0.15, 0.2) is 11.6 Å². The van der Waals surface area contributed by atoms with Crippen molar-refractivity contribution < 1.29 is 0 Å². The number of hydrogen-bond donors (Lipinski definition) is 0. The van der Waals surface area contributed by atoms with E-state index in [-0.39, 0.29) is 0 Å². The van der Waals surface area contributed by atoms with Gasteiger partial charge in [-0.05, 0) is 19.3 Å². The van der Waals surface area contributed by atoms with Gasteiger partial charge in [0, 0.05) is 0 Å². The predicted octanol–water partition coefficient (Wildman–Crippen LogP) is 3.39. The molecule has 0 aliphatic heterocycles. The van der Waals surface area contributed by atoms with Crippen molar-refractivity contribution in [2.24, 2.45) is 5.92 Å².